The first-order chi connectivity index (χ1) is 17.7. The molecule has 5 atom stereocenters. The largest absolute Gasteiger partial charge is 0.465 e. The Kier molecular flexibility index (Phi) is 8.98. The van der Waals surface area contributed by atoms with E-state index in [2.05, 4.69) is 15.4 Å². The monoisotopic (exact) mass is 518 g/mol. The van der Waals surface area contributed by atoms with E-state index in [4.69, 9.17) is 29.4 Å². The number of hydrogen-bond acceptors (Lipinski definition) is 13. The number of ether oxygens (including phenoxy) is 5. The highest BCUT2D eigenvalue weighted by atomic mass is 16.7. The van der Waals surface area contributed by atoms with Crippen LogP contribution in [0, 0.1) is 11.3 Å². The first-order valence-corrected chi connectivity index (χ1v) is 11.7. The maximum absolute atomic E-state index is 12.3. The number of hydrogen-bond donors (Lipinski definition) is 2. The second-order valence-corrected chi connectivity index (χ2v) is 8.25. The van der Waals surface area contributed by atoms with Crippen LogP contribution in [-0.2, 0) is 38.1 Å². The molecular weight excluding hydrogens is 488 g/mol. The molecule has 0 spiro atoms. The van der Waals surface area contributed by atoms with Gasteiger partial charge in [-0.2, -0.15) is 10.4 Å². The Bertz CT molecular complexity index is 1180. The number of nitrogens with two attached hydrogens (primary N) is 1. The third kappa shape index (κ3) is 5.96. The molecule has 1 fully saturated rings. The van der Waals surface area contributed by atoms with E-state index in [1.165, 1.54) is 10.8 Å². The molecule has 0 unspecified atom stereocenters. The van der Waals surface area contributed by atoms with Gasteiger partial charge in [0.2, 0.25) is 5.60 Å². The summed E-state index contributed by atoms with van der Waals surface area (Å²) < 4.78 is 29.3. The van der Waals surface area contributed by atoms with Crippen LogP contribution in [0.1, 0.15) is 45.9 Å². The first-order valence-electron chi connectivity index (χ1n) is 11.7. The number of nitriles is 1. The molecule has 0 saturated carbocycles. The number of carbonyl (C=O) groups excluding carboxylic acids is 3. The number of anilines is 1. The van der Waals surface area contributed by atoms with Crippen molar-refractivity contribution in [3.63, 3.8) is 0 Å². The van der Waals surface area contributed by atoms with Crippen LogP contribution in [0.4, 0.5) is 5.82 Å². The normalized spacial score (nSPS) is 23.8. The molecule has 2 aromatic rings. The number of esters is 3. The van der Waals surface area contributed by atoms with Crippen LogP contribution in [-0.4, -0.2) is 76.3 Å². The maximum atomic E-state index is 12.3. The molecule has 3 heterocycles. The molecule has 200 valence electrons. The Morgan fingerprint density at radius 1 is 1.32 bits per heavy atom. The third-order valence-electron chi connectivity index (χ3n) is 5.68. The molecule has 1 aliphatic rings. The van der Waals surface area contributed by atoms with Crippen molar-refractivity contribution in [1.29, 1.82) is 5.26 Å². The van der Waals surface area contributed by atoms with Crippen LogP contribution in [0.5, 0.6) is 0 Å². The molecule has 0 amide bonds. The van der Waals surface area contributed by atoms with Crippen molar-refractivity contribution in [2.45, 2.75) is 64.1 Å². The average molecular weight is 519 g/mol. The van der Waals surface area contributed by atoms with Gasteiger partial charge < -0.3 is 29.4 Å². The molecule has 3 N–H and O–H groups in total. The topological polar surface area (TPSA) is 189 Å². The van der Waals surface area contributed by atoms with Crippen molar-refractivity contribution in [2.24, 2.45) is 0 Å². The molecule has 1 saturated heterocycles. The van der Waals surface area contributed by atoms with Crippen LogP contribution in [0.25, 0.3) is 5.52 Å². The van der Waals surface area contributed by atoms with Crippen LogP contribution in [0.15, 0.2) is 18.5 Å². The highest BCUT2D eigenvalue weighted by Gasteiger charge is 2.61. The number of carbonyl (C=O) groups is 3. The molecule has 0 bridgehead atoms. The zero-order valence-electron chi connectivity index (χ0n) is 21.0. The molecule has 0 aliphatic carbocycles. The molecule has 0 radical (unpaired) electrons. The van der Waals surface area contributed by atoms with Crippen LogP contribution in [0.2, 0.25) is 0 Å². The van der Waals surface area contributed by atoms with E-state index in [-0.39, 0.29) is 32.2 Å². The smallest absolute Gasteiger partial charge is 0.322 e. The lowest BCUT2D eigenvalue weighted by Crippen LogP contribution is -2.50. The Labute approximate surface area is 212 Å². The summed E-state index contributed by atoms with van der Waals surface area (Å²) in [7, 11) is 0. The van der Waals surface area contributed by atoms with Gasteiger partial charge in [0.25, 0.3) is 0 Å². The quantitative estimate of drug-likeness (QED) is 0.180. The second-order valence-electron chi connectivity index (χ2n) is 8.25. The fraction of sp³-hybridized carbons (Fsp3) is 0.565. The lowest BCUT2D eigenvalue weighted by Gasteiger charge is -2.28. The Morgan fingerprint density at radius 3 is 2.73 bits per heavy atom. The number of fused-ring (bicyclic) bond motifs is 1. The summed E-state index contributed by atoms with van der Waals surface area (Å²) in [6, 6.07) is 4.65. The van der Waals surface area contributed by atoms with E-state index in [1.807, 2.05) is 6.07 Å². The summed E-state index contributed by atoms with van der Waals surface area (Å²) in [5.74, 6) is -1.57. The van der Waals surface area contributed by atoms with Gasteiger partial charge in [0.05, 0.1) is 25.6 Å². The highest BCUT2D eigenvalue weighted by molar-refractivity contribution is 5.75. The van der Waals surface area contributed by atoms with Crippen molar-refractivity contribution < 1.29 is 38.1 Å². The number of nitrogens with one attached hydrogen (secondary N) is 1. The first kappa shape index (κ1) is 27.8. The number of rotatable bonds is 11. The predicted octanol–water partition coefficient (Wildman–Crippen LogP) is 0.414. The predicted molar refractivity (Wildman–Crippen MR) is 125 cm³/mol. The lowest BCUT2D eigenvalue weighted by atomic mass is 9.95. The highest BCUT2D eigenvalue weighted by Crippen LogP contribution is 2.44. The lowest BCUT2D eigenvalue weighted by molar-refractivity contribution is -0.169. The number of nitrogen functional groups attached to an aromatic ring is 1. The molecule has 14 nitrogen and oxygen atoms in total. The Morgan fingerprint density at radius 2 is 2.08 bits per heavy atom. The second kappa shape index (κ2) is 12.0. The van der Waals surface area contributed by atoms with Gasteiger partial charge in [-0.05, 0) is 26.0 Å². The van der Waals surface area contributed by atoms with E-state index in [9.17, 15) is 19.6 Å². The Balaban J connectivity index is 1.93. The van der Waals surface area contributed by atoms with E-state index in [1.54, 1.807) is 32.9 Å². The van der Waals surface area contributed by atoms with Gasteiger partial charge in [-0.15, -0.1) is 0 Å². The van der Waals surface area contributed by atoms with Gasteiger partial charge in [0.1, 0.15) is 30.1 Å². The van der Waals surface area contributed by atoms with Crippen molar-refractivity contribution in [1.82, 2.24) is 19.9 Å². The fourth-order valence-electron chi connectivity index (χ4n) is 3.88. The Hall–Kier alpha value is -3.80. The van der Waals surface area contributed by atoms with Crippen molar-refractivity contribution in [3.05, 3.63) is 24.2 Å². The van der Waals surface area contributed by atoms with E-state index in [0.29, 0.717) is 11.2 Å². The van der Waals surface area contributed by atoms with Gasteiger partial charge in [0, 0.05) is 13.3 Å². The van der Waals surface area contributed by atoms with Crippen molar-refractivity contribution in [3.8, 4) is 6.07 Å². The fourth-order valence-corrected chi connectivity index (χ4v) is 3.88. The molecule has 14 heteroatoms. The SMILES string of the molecule is CCOC(=O)[C@H](C)NCOC[C@@]1(C#N)O[C@@H](c2ccc3c(N)ncnn23)[C@H](OC(=O)CC)[C@@H]1OC(C)=O. The minimum atomic E-state index is -1.87. The minimum absolute atomic E-state index is 0.0335. The summed E-state index contributed by atoms with van der Waals surface area (Å²) >= 11 is 0. The minimum Gasteiger partial charge on any atom is -0.465 e. The van der Waals surface area contributed by atoms with E-state index < -0.39 is 47.9 Å². The third-order valence-corrected chi connectivity index (χ3v) is 5.68. The van der Waals surface area contributed by atoms with Gasteiger partial charge in [-0.3, -0.25) is 19.7 Å². The van der Waals surface area contributed by atoms with E-state index in [0.717, 1.165) is 6.92 Å². The summed E-state index contributed by atoms with van der Waals surface area (Å²) in [5.41, 5.74) is 4.93. The molecule has 1 aliphatic heterocycles. The van der Waals surface area contributed by atoms with Crippen LogP contribution in [0.3, 0.4) is 0 Å². The summed E-state index contributed by atoms with van der Waals surface area (Å²) in [5, 5.41) is 17.2. The molecule has 3 rings (SSSR count). The van der Waals surface area contributed by atoms with Gasteiger partial charge in [0.15, 0.2) is 18.0 Å². The zero-order valence-corrected chi connectivity index (χ0v) is 21.0. The summed E-state index contributed by atoms with van der Waals surface area (Å²) in [6.07, 6.45) is -2.35. The molecule has 0 aromatic carbocycles. The van der Waals surface area contributed by atoms with Gasteiger partial charge in [-0.1, -0.05) is 6.92 Å². The van der Waals surface area contributed by atoms with Gasteiger partial charge in [-0.25, -0.2) is 9.50 Å². The van der Waals surface area contributed by atoms with Crippen LogP contribution < -0.4 is 11.1 Å². The van der Waals surface area contributed by atoms with Crippen molar-refractivity contribution in [2.75, 3.05) is 25.7 Å². The van der Waals surface area contributed by atoms with Crippen molar-refractivity contribution >= 4 is 29.2 Å². The standard InChI is InChI=1S/C23H30N6O8/c1-5-17(31)36-19-18(15-7-8-16-21(25)26-11-28-29(15)16)37-23(9-24,20(19)35-14(4)30)10-33-12-27-13(3)22(32)34-6-2/h7-8,11,13,18-20,27H,5-6,10,12H2,1-4H3,(H2,25,26,28)/t13-,18-,19-,20-,23+/m0/s1. The van der Waals surface area contributed by atoms with E-state index >= 15 is 0 Å². The summed E-state index contributed by atoms with van der Waals surface area (Å²) in [4.78, 5) is 40.2. The molecule has 2 aromatic heterocycles. The number of aromatic nitrogens is 3. The number of nitrogens with zero attached hydrogens (tertiary/aromatic N) is 4. The average Bonchev–Trinajstić information content (AvgIpc) is 3.42. The molecule has 37 heavy (non-hydrogen) atoms. The van der Waals surface area contributed by atoms with Crippen LogP contribution >= 0.6 is 0 Å². The maximum Gasteiger partial charge on any atom is 0.322 e. The summed E-state index contributed by atoms with van der Waals surface area (Å²) in [6.45, 7) is 5.74. The molecular formula is C23H30N6O8. The van der Waals surface area contributed by atoms with Gasteiger partial charge >= 0.3 is 17.9 Å². The zero-order chi connectivity index (χ0) is 27.2.